The summed E-state index contributed by atoms with van der Waals surface area (Å²) >= 11 is 0. The lowest BCUT2D eigenvalue weighted by atomic mass is 9.78. The van der Waals surface area contributed by atoms with Crippen molar-refractivity contribution >= 4 is 67.6 Å². The van der Waals surface area contributed by atoms with Crippen LogP contribution < -0.4 is 29.4 Å². The monoisotopic (exact) mass is 1840 g/mol. The van der Waals surface area contributed by atoms with E-state index < -0.39 is 0 Å². The fourth-order valence-corrected chi connectivity index (χ4v) is 28.9. The van der Waals surface area contributed by atoms with Gasteiger partial charge in [-0.15, -0.1) is 0 Å². The first kappa shape index (κ1) is 82.0. The highest BCUT2D eigenvalue weighted by molar-refractivity contribution is 6.03. The highest BCUT2D eigenvalue weighted by atomic mass is 15.2. The Labute approximate surface area is 842 Å². The van der Waals surface area contributed by atoms with Crippen LogP contribution in [0.2, 0.25) is 0 Å². The molecule has 12 aliphatic carbocycles. The molecule has 6 unspecified atom stereocenters. The lowest BCUT2D eigenvalue weighted by Gasteiger charge is -2.45. The Morgan fingerprint density at radius 1 is 0.174 bits per heavy atom. The molecule has 6 atom stereocenters. The summed E-state index contributed by atoms with van der Waals surface area (Å²) in [6.45, 7) is 0. The molecule has 12 aromatic rings. The summed E-state index contributed by atoms with van der Waals surface area (Å²) in [5.41, 5.74) is 68.7. The third-order valence-corrected chi connectivity index (χ3v) is 34.5. The zero-order valence-corrected chi connectivity index (χ0v) is 80.2. The average Bonchev–Trinajstić information content (AvgIpc) is 1.55. The van der Waals surface area contributed by atoms with E-state index in [1.807, 2.05) is 0 Å². The van der Waals surface area contributed by atoms with Crippen LogP contribution in [0.15, 0.2) is 538 Å². The Hall–Kier alpha value is -16.8. The van der Waals surface area contributed by atoms with Gasteiger partial charge in [0.15, 0.2) is 0 Å². The van der Waals surface area contributed by atoms with E-state index in [-0.39, 0.29) is 0 Å². The molecular weight excluding hydrogens is 1740 g/mol. The first-order chi connectivity index (χ1) is 71.6. The maximum atomic E-state index is 2.61. The molecule has 684 valence electrons. The predicted octanol–water partition coefficient (Wildman–Crippen LogP) is 34.0. The van der Waals surface area contributed by atoms with Gasteiger partial charge in [0.05, 0.1) is 36.3 Å². The molecule has 0 radical (unpaired) electrons. The summed E-state index contributed by atoms with van der Waals surface area (Å²) in [4.78, 5) is 15.5. The van der Waals surface area contributed by atoms with E-state index in [9.17, 15) is 0 Å². The minimum atomic E-state index is 0.311. The maximum absolute atomic E-state index is 2.61. The molecule has 36 rings (SSSR count). The summed E-state index contributed by atoms with van der Waals surface area (Å²) in [6, 6.07) is 109. The summed E-state index contributed by atoms with van der Waals surface area (Å²) in [5.74, 6) is 0. The quantitative estimate of drug-likeness (QED) is 0.150. The minimum absolute atomic E-state index is 0.311. The lowest BCUT2D eigenvalue weighted by molar-refractivity contribution is 0.726. The number of benzene rings is 12. The van der Waals surface area contributed by atoms with E-state index in [2.05, 4.69) is 466 Å². The van der Waals surface area contributed by atoms with Crippen molar-refractivity contribution in [3.8, 4) is 33.4 Å². The molecule has 6 heteroatoms. The molecule has 0 amide bonds. The van der Waals surface area contributed by atoms with Gasteiger partial charge in [-0.25, -0.2) is 0 Å². The van der Waals surface area contributed by atoms with Crippen molar-refractivity contribution in [1.29, 1.82) is 0 Å². The van der Waals surface area contributed by atoms with Crippen molar-refractivity contribution < 1.29 is 0 Å². The zero-order chi connectivity index (χ0) is 94.0. The number of para-hydroxylation sites is 6. The first-order valence-corrected chi connectivity index (χ1v) is 52.3. The largest absolute Gasteiger partial charge is 0.332 e. The summed E-state index contributed by atoms with van der Waals surface area (Å²) < 4.78 is 0. The molecule has 0 aromatic heterocycles. The topological polar surface area (TPSA) is 19.4 Å². The van der Waals surface area contributed by atoms with Gasteiger partial charge in [0, 0.05) is 138 Å². The molecule has 24 aliphatic rings. The number of allylic oxidation sites excluding steroid dienone is 32. The van der Waals surface area contributed by atoms with Gasteiger partial charge < -0.3 is 29.4 Å². The smallest absolute Gasteiger partial charge is 0.0854 e. The van der Waals surface area contributed by atoms with Gasteiger partial charge in [0.2, 0.25) is 0 Å². The van der Waals surface area contributed by atoms with Crippen LogP contribution in [0.3, 0.4) is 0 Å². The summed E-state index contributed by atoms with van der Waals surface area (Å²) in [5, 5.41) is 0. The third kappa shape index (κ3) is 11.9. The van der Waals surface area contributed by atoms with E-state index in [4.69, 9.17) is 0 Å². The second-order valence-corrected chi connectivity index (χ2v) is 41.3. The van der Waals surface area contributed by atoms with Crippen LogP contribution in [-0.4, -0.2) is 0 Å². The Balaban J connectivity index is 0.0000000788. The van der Waals surface area contributed by atoms with E-state index in [0.29, 0.717) is 36.3 Å². The molecule has 0 N–H and O–H groups in total. The van der Waals surface area contributed by atoms with Crippen LogP contribution in [0.1, 0.15) is 180 Å². The molecule has 0 fully saturated rings. The molecule has 0 bridgehead atoms. The third-order valence-electron chi connectivity index (χ3n) is 34.5. The van der Waals surface area contributed by atoms with Crippen LogP contribution in [0.4, 0.5) is 34.1 Å². The number of fused-ring (bicyclic) bond motifs is 56. The Kier molecular flexibility index (Phi) is 18.4. The standard InChI is InChI=1S/6C23H17N/c3*1-2-9-19-15(7-1)18-11-6-14-22(18)24-21-13-4-3-8-17(21)16-10-5-12-20(16)23(19)24;3*1-2-9-19-15(7-1)17-8-3-4-13-21(17)24-22-14-6-11-18(22)16-10-5-12-20(16)23(19)24/h1-4,6-13,23H,5,14H2;1-9,11-13,23H,10,14H2;1-11,13,23H,12,14H2;1-4,6-10,12-14,23H,5,11H2;1-9,12-14,23H,10-11H2;1-10,13-14,23H,11-12H2. The molecule has 144 heavy (non-hydrogen) atoms. The van der Waals surface area contributed by atoms with Gasteiger partial charge in [-0.3, -0.25) is 0 Å². The number of nitrogens with zero attached hydrogens (tertiary/aromatic N) is 6. The van der Waals surface area contributed by atoms with Gasteiger partial charge in [0.1, 0.15) is 0 Å². The molecule has 12 heterocycles. The minimum Gasteiger partial charge on any atom is -0.332 e. The van der Waals surface area contributed by atoms with Gasteiger partial charge in [-0.1, -0.05) is 382 Å². The Morgan fingerprint density at radius 2 is 0.465 bits per heavy atom. The van der Waals surface area contributed by atoms with E-state index in [0.717, 1.165) is 77.0 Å². The number of anilines is 6. The van der Waals surface area contributed by atoms with E-state index in [1.54, 1.807) is 16.7 Å². The van der Waals surface area contributed by atoms with E-state index in [1.165, 1.54) is 252 Å². The second kappa shape index (κ2) is 32.4. The van der Waals surface area contributed by atoms with Gasteiger partial charge in [0.25, 0.3) is 0 Å². The zero-order valence-electron chi connectivity index (χ0n) is 80.2. The summed E-state index contributed by atoms with van der Waals surface area (Å²) in [7, 11) is 0. The van der Waals surface area contributed by atoms with Crippen LogP contribution in [0.5, 0.6) is 0 Å². The first-order valence-electron chi connectivity index (χ1n) is 52.3. The van der Waals surface area contributed by atoms with Gasteiger partial charge in [-0.05, 0) is 263 Å². The van der Waals surface area contributed by atoms with Gasteiger partial charge in [-0.2, -0.15) is 0 Å². The maximum Gasteiger partial charge on any atom is 0.0854 e. The summed E-state index contributed by atoms with van der Waals surface area (Å²) in [6.07, 6.45) is 68.8. The normalized spacial score (nSPS) is 22.3. The van der Waals surface area contributed by atoms with Crippen molar-refractivity contribution in [2.75, 3.05) is 29.4 Å². The molecule has 6 nitrogen and oxygen atoms in total. The fraction of sp³-hybridized carbons (Fsp3) is 0.130. The fourth-order valence-electron chi connectivity index (χ4n) is 28.9. The van der Waals surface area contributed by atoms with Crippen LogP contribution in [0, 0.1) is 0 Å². The second-order valence-electron chi connectivity index (χ2n) is 41.3. The number of hydrogen-bond donors (Lipinski definition) is 0. The average molecular weight is 1840 g/mol. The van der Waals surface area contributed by atoms with E-state index >= 15 is 0 Å². The molecular formula is C138H102N6. The van der Waals surface area contributed by atoms with Crippen molar-refractivity contribution in [2.24, 2.45) is 0 Å². The molecule has 0 spiro atoms. The van der Waals surface area contributed by atoms with Crippen molar-refractivity contribution in [1.82, 2.24) is 0 Å². The number of hydrogen-bond acceptors (Lipinski definition) is 6. The van der Waals surface area contributed by atoms with Crippen LogP contribution in [-0.2, 0) is 0 Å². The molecule has 12 aliphatic heterocycles. The SMILES string of the molecule is C1=CC2=C(C1)C1=C(C=CC1)N1c3ccccc3-c3ccccc3C21.C1=CC2=C(C1)C1=C(CC=C1)C1c3ccccc3-c3ccccc3N21.C1=CC2=C(C1)C1=CCC=C1C1c3ccccc3-c3ccccc3N21.C1=CC2=C(C1)C1c3ccccc3C3=C(CC=C3)N1c1ccccc12.C1=CC2=C(C1)N1c3ccccc3C3=CCC=C3C1c1ccccc12.C1=CC2=C(C1)c1ccccc1N1C3=C(C=CC3)c3ccccc3C21. The molecule has 12 aromatic carbocycles. The lowest BCUT2D eigenvalue weighted by Crippen LogP contribution is -2.36. The molecule has 0 saturated heterocycles. The van der Waals surface area contributed by atoms with Crippen LogP contribution >= 0.6 is 0 Å². The Bertz CT molecular complexity index is 8430. The Morgan fingerprint density at radius 3 is 1.01 bits per heavy atom. The van der Waals surface area contributed by atoms with Crippen LogP contribution in [0.25, 0.3) is 66.8 Å². The van der Waals surface area contributed by atoms with Crippen molar-refractivity contribution in [2.45, 2.75) is 113 Å². The predicted molar refractivity (Wildman–Crippen MR) is 594 cm³/mol. The number of rotatable bonds is 0. The highest BCUT2D eigenvalue weighted by Crippen LogP contribution is 2.65. The van der Waals surface area contributed by atoms with Crippen molar-refractivity contribution in [3.63, 3.8) is 0 Å². The highest BCUT2D eigenvalue weighted by Gasteiger charge is 2.50. The molecule has 0 saturated carbocycles. The van der Waals surface area contributed by atoms with Crippen molar-refractivity contribution in [3.05, 3.63) is 605 Å². The van der Waals surface area contributed by atoms with Gasteiger partial charge >= 0.3 is 0 Å².